The highest BCUT2D eigenvalue weighted by Gasteiger charge is 2.35. The van der Waals surface area contributed by atoms with Gasteiger partial charge in [0.25, 0.3) is 0 Å². The molecule has 1 aromatic rings. The van der Waals surface area contributed by atoms with Crippen LogP contribution in [0.3, 0.4) is 0 Å². The van der Waals surface area contributed by atoms with Gasteiger partial charge in [-0.15, -0.1) is 0 Å². The molecule has 0 unspecified atom stereocenters. The Labute approximate surface area is 131 Å². The van der Waals surface area contributed by atoms with Crippen LogP contribution in [0.5, 0.6) is 0 Å². The van der Waals surface area contributed by atoms with Crippen LogP contribution in [0, 0.1) is 0 Å². The summed E-state index contributed by atoms with van der Waals surface area (Å²) in [7, 11) is -2.94. The van der Waals surface area contributed by atoms with E-state index >= 15 is 0 Å². The highest BCUT2D eigenvalue weighted by molar-refractivity contribution is 7.91. The fourth-order valence-corrected chi connectivity index (χ4v) is 4.61. The van der Waals surface area contributed by atoms with Crippen LogP contribution in [-0.4, -0.2) is 56.4 Å². The number of carbonyl (C=O) groups is 1. The standard InChI is InChI=1S/C16H22N2O3S/c19-16-15(17-9-5-12-22(20,21)13-11-17)8-4-10-18(16)14-6-2-1-3-7-14/h1-3,6-7,15H,4-5,8-13H2/t15-/m0/s1. The van der Waals surface area contributed by atoms with Crippen molar-refractivity contribution in [2.24, 2.45) is 0 Å². The van der Waals surface area contributed by atoms with E-state index in [-0.39, 0.29) is 23.5 Å². The van der Waals surface area contributed by atoms with Gasteiger partial charge in [-0.1, -0.05) is 18.2 Å². The van der Waals surface area contributed by atoms with Crippen molar-refractivity contribution in [1.29, 1.82) is 0 Å². The zero-order valence-electron chi connectivity index (χ0n) is 12.6. The number of amides is 1. The highest BCUT2D eigenvalue weighted by Crippen LogP contribution is 2.24. The Bertz CT molecular complexity index is 630. The lowest BCUT2D eigenvalue weighted by atomic mass is 10.0. The molecule has 6 heteroatoms. The number of para-hydroxylation sites is 1. The third-order valence-electron chi connectivity index (χ3n) is 4.51. The molecule has 0 N–H and O–H groups in total. The molecular formula is C16H22N2O3S. The van der Waals surface area contributed by atoms with Crippen molar-refractivity contribution in [2.45, 2.75) is 25.3 Å². The lowest BCUT2D eigenvalue weighted by Crippen LogP contribution is -2.53. The largest absolute Gasteiger partial charge is 0.311 e. The second-order valence-electron chi connectivity index (χ2n) is 6.02. The summed E-state index contributed by atoms with van der Waals surface area (Å²) in [6.45, 7) is 1.91. The van der Waals surface area contributed by atoms with Gasteiger partial charge in [0, 0.05) is 18.8 Å². The molecule has 2 aliphatic heterocycles. The number of piperidine rings is 1. The number of anilines is 1. The van der Waals surface area contributed by atoms with E-state index in [2.05, 4.69) is 4.90 Å². The predicted molar refractivity (Wildman–Crippen MR) is 86.7 cm³/mol. The van der Waals surface area contributed by atoms with Crippen LogP contribution in [0.15, 0.2) is 30.3 Å². The van der Waals surface area contributed by atoms with E-state index in [9.17, 15) is 13.2 Å². The van der Waals surface area contributed by atoms with E-state index in [1.165, 1.54) is 0 Å². The van der Waals surface area contributed by atoms with Gasteiger partial charge in [0.2, 0.25) is 5.91 Å². The van der Waals surface area contributed by atoms with Crippen molar-refractivity contribution in [2.75, 3.05) is 36.0 Å². The molecule has 2 fully saturated rings. The summed E-state index contributed by atoms with van der Waals surface area (Å²) >= 11 is 0. The van der Waals surface area contributed by atoms with Crippen molar-refractivity contribution in [3.8, 4) is 0 Å². The quantitative estimate of drug-likeness (QED) is 0.823. The van der Waals surface area contributed by atoms with Gasteiger partial charge in [-0.25, -0.2) is 8.42 Å². The smallest absolute Gasteiger partial charge is 0.244 e. The van der Waals surface area contributed by atoms with E-state index in [1.54, 1.807) is 0 Å². The van der Waals surface area contributed by atoms with E-state index in [1.807, 2.05) is 35.2 Å². The first-order valence-electron chi connectivity index (χ1n) is 7.88. The molecule has 0 saturated carbocycles. The van der Waals surface area contributed by atoms with Crippen LogP contribution in [-0.2, 0) is 14.6 Å². The number of sulfone groups is 1. The monoisotopic (exact) mass is 322 g/mol. The molecule has 5 nitrogen and oxygen atoms in total. The summed E-state index contributed by atoms with van der Waals surface area (Å²) < 4.78 is 23.5. The first-order valence-corrected chi connectivity index (χ1v) is 9.70. The molecule has 0 radical (unpaired) electrons. The summed E-state index contributed by atoms with van der Waals surface area (Å²) in [5.74, 6) is 0.520. The normalized spacial score (nSPS) is 26.6. The summed E-state index contributed by atoms with van der Waals surface area (Å²) in [4.78, 5) is 16.7. The van der Waals surface area contributed by atoms with Gasteiger partial charge in [-0.3, -0.25) is 9.69 Å². The molecule has 1 atom stereocenters. The maximum atomic E-state index is 12.8. The van der Waals surface area contributed by atoms with Crippen LogP contribution in [0.25, 0.3) is 0 Å². The number of benzene rings is 1. The van der Waals surface area contributed by atoms with Gasteiger partial charge in [0.15, 0.2) is 9.84 Å². The van der Waals surface area contributed by atoms with Crippen LogP contribution in [0.1, 0.15) is 19.3 Å². The first-order chi connectivity index (χ1) is 10.6. The molecule has 1 amide bonds. The van der Waals surface area contributed by atoms with Crippen LogP contribution < -0.4 is 4.90 Å². The second-order valence-corrected chi connectivity index (χ2v) is 8.33. The highest BCUT2D eigenvalue weighted by atomic mass is 32.2. The maximum Gasteiger partial charge on any atom is 0.244 e. The topological polar surface area (TPSA) is 57.7 Å². The van der Waals surface area contributed by atoms with E-state index in [0.717, 1.165) is 25.1 Å². The average molecular weight is 322 g/mol. The number of hydrogen-bond acceptors (Lipinski definition) is 4. The summed E-state index contributed by atoms with van der Waals surface area (Å²) in [5.41, 5.74) is 0.930. The van der Waals surface area contributed by atoms with Crippen molar-refractivity contribution < 1.29 is 13.2 Å². The molecule has 120 valence electrons. The van der Waals surface area contributed by atoms with E-state index in [4.69, 9.17) is 0 Å². The molecule has 2 saturated heterocycles. The van der Waals surface area contributed by atoms with Gasteiger partial charge >= 0.3 is 0 Å². The lowest BCUT2D eigenvalue weighted by Gasteiger charge is -2.38. The lowest BCUT2D eigenvalue weighted by molar-refractivity contribution is -0.125. The Morgan fingerprint density at radius 3 is 2.50 bits per heavy atom. The zero-order chi connectivity index (χ0) is 15.6. The Hall–Kier alpha value is -1.40. The molecule has 3 rings (SSSR count). The fourth-order valence-electron chi connectivity index (χ4n) is 3.33. The van der Waals surface area contributed by atoms with Gasteiger partial charge < -0.3 is 4.90 Å². The number of carbonyl (C=O) groups excluding carboxylic acids is 1. The molecule has 0 spiro atoms. The average Bonchev–Trinajstić information content (AvgIpc) is 2.69. The summed E-state index contributed by atoms with van der Waals surface area (Å²) in [6.07, 6.45) is 2.40. The molecule has 0 bridgehead atoms. The molecule has 22 heavy (non-hydrogen) atoms. The molecule has 1 aromatic carbocycles. The molecular weight excluding hydrogens is 300 g/mol. The SMILES string of the molecule is O=C1[C@@H](N2CCCS(=O)(=O)CC2)CCCN1c1ccccc1. The first kappa shape index (κ1) is 15.5. The Morgan fingerprint density at radius 2 is 1.73 bits per heavy atom. The van der Waals surface area contributed by atoms with Gasteiger partial charge in [-0.05, 0) is 37.9 Å². The zero-order valence-corrected chi connectivity index (χ0v) is 13.5. The minimum Gasteiger partial charge on any atom is -0.311 e. The van der Waals surface area contributed by atoms with Gasteiger partial charge in [0.05, 0.1) is 17.5 Å². The Morgan fingerprint density at radius 1 is 0.955 bits per heavy atom. The number of rotatable bonds is 2. The van der Waals surface area contributed by atoms with Gasteiger partial charge in [0.1, 0.15) is 0 Å². The second kappa shape index (κ2) is 6.38. The Balaban J connectivity index is 1.75. The Kier molecular flexibility index (Phi) is 4.49. The minimum absolute atomic E-state index is 0.108. The van der Waals surface area contributed by atoms with Crippen molar-refractivity contribution in [1.82, 2.24) is 4.90 Å². The van der Waals surface area contributed by atoms with Gasteiger partial charge in [-0.2, -0.15) is 0 Å². The minimum atomic E-state index is -2.94. The van der Waals surface area contributed by atoms with E-state index < -0.39 is 9.84 Å². The van der Waals surface area contributed by atoms with E-state index in [0.29, 0.717) is 19.5 Å². The summed E-state index contributed by atoms with van der Waals surface area (Å²) in [6, 6.07) is 9.53. The number of hydrogen-bond donors (Lipinski definition) is 0. The molecule has 2 aliphatic rings. The summed E-state index contributed by atoms with van der Waals surface area (Å²) in [5, 5.41) is 0. The number of nitrogens with zero attached hydrogens (tertiary/aromatic N) is 2. The third-order valence-corrected chi connectivity index (χ3v) is 6.22. The van der Waals surface area contributed by atoms with Crippen molar-refractivity contribution in [3.05, 3.63) is 30.3 Å². The van der Waals surface area contributed by atoms with Crippen LogP contribution >= 0.6 is 0 Å². The van der Waals surface area contributed by atoms with Crippen LogP contribution in [0.4, 0.5) is 5.69 Å². The molecule has 0 aromatic heterocycles. The maximum absolute atomic E-state index is 12.8. The van der Waals surface area contributed by atoms with Crippen molar-refractivity contribution >= 4 is 21.4 Å². The van der Waals surface area contributed by atoms with Crippen molar-refractivity contribution in [3.63, 3.8) is 0 Å². The molecule has 2 heterocycles. The van der Waals surface area contributed by atoms with Crippen LogP contribution in [0.2, 0.25) is 0 Å². The predicted octanol–water partition coefficient (Wildman–Crippen LogP) is 1.30. The third kappa shape index (κ3) is 3.33. The fraction of sp³-hybridized carbons (Fsp3) is 0.562. The molecule has 0 aliphatic carbocycles.